The zero-order valence-corrected chi connectivity index (χ0v) is 40.8. The monoisotopic (exact) mass is 951 g/mol. The number of nitrogens with zero attached hydrogens (tertiary/aromatic N) is 1. The van der Waals surface area contributed by atoms with Crippen molar-refractivity contribution in [2.24, 2.45) is 0 Å². The largest absolute Gasteiger partial charge is 0.456 e. The molecule has 14 aromatic rings. The van der Waals surface area contributed by atoms with Crippen LogP contribution in [0.5, 0.6) is 0 Å². The van der Waals surface area contributed by atoms with Gasteiger partial charge in [0.05, 0.1) is 11.1 Å². The molecule has 0 amide bonds. The molecule has 0 aliphatic heterocycles. The Morgan fingerprint density at radius 2 is 0.720 bits per heavy atom. The standard InChI is InChI=1S/C73H45NO/c1-2-18-46(19-3-1)48-20-16-21-49(42-48)47-36-38-50(39-37-47)74(51-40-41-56-54-24-5-4-22-52(54)53-23-6-7-25-55(53)62(56)43-51)69-45-68-63(44-64(69)60-30-17-35-71-72(60)61-29-11-15-34-70(61)75-71)59-28-10-14-33-67(59)73(68)65-31-12-8-26-57(65)58-27-9-13-32-66(58)73/h1-45H. The lowest BCUT2D eigenvalue weighted by Gasteiger charge is -2.33. The van der Waals surface area contributed by atoms with Crippen molar-refractivity contribution in [2.75, 3.05) is 4.90 Å². The minimum Gasteiger partial charge on any atom is -0.456 e. The van der Waals surface area contributed by atoms with Crippen molar-refractivity contribution < 1.29 is 4.42 Å². The Morgan fingerprint density at radius 1 is 0.253 bits per heavy atom. The van der Waals surface area contributed by atoms with Gasteiger partial charge in [0.1, 0.15) is 11.2 Å². The zero-order valence-electron chi connectivity index (χ0n) is 40.8. The summed E-state index contributed by atoms with van der Waals surface area (Å²) in [5.41, 5.74) is 21.7. The molecular weight excluding hydrogens is 907 g/mol. The van der Waals surface area contributed by atoms with Crippen molar-refractivity contribution in [3.63, 3.8) is 0 Å². The fraction of sp³-hybridized carbons (Fsp3) is 0.0137. The molecule has 0 bridgehead atoms. The highest BCUT2D eigenvalue weighted by atomic mass is 16.3. The summed E-state index contributed by atoms with van der Waals surface area (Å²) >= 11 is 0. The van der Waals surface area contributed by atoms with Crippen molar-refractivity contribution in [1.29, 1.82) is 0 Å². The molecule has 0 saturated carbocycles. The normalized spacial score (nSPS) is 12.9. The summed E-state index contributed by atoms with van der Waals surface area (Å²) in [6.07, 6.45) is 0. The molecular formula is C73H45NO. The van der Waals surface area contributed by atoms with Gasteiger partial charge in [0.15, 0.2) is 0 Å². The van der Waals surface area contributed by atoms with Crippen LogP contribution in [0, 0.1) is 0 Å². The van der Waals surface area contributed by atoms with Crippen LogP contribution >= 0.6 is 0 Å². The van der Waals surface area contributed by atoms with E-state index < -0.39 is 5.41 Å². The maximum atomic E-state index is 6.69. The van der Waals surface area contributed by atoms with Gasteiger partial charge in [-0.1, -0.05) is 218 Å². The molecule has 0 radical (unpaired) electrons. The van der Waals surface area contributed by atoms with Crippen molar-refractivity contribution in [2.45, 2.75) is 5.41 Å². The Labute approximate surface area is 434 Å². The predicted octanol–water partition coefficient (Wildman–Crippen LogP) is 19.9. The van der Waals surface area contributed by atoms with E-state index in [1.54, 1.807) is 0 Å². The number of rotatable bonds is 6. The second-order valence-electron chi connectivity index (χ2n) is 20.2. The average Bonchev–Trinajstić information content (AvgIpc) is 4.32. The summed E-state index contributed by atoms with van der Waals surface area (Å²) in [4.78, 5) is 2.54. The zero-order chi connectivity index (χ0) is 49.2. The highest BCUT2D eigenvalue weighted by molar-refractivity contribution is 6.26. The Hall–Kier alpha value is -9.76. The van der Waals surface area contributed by atoms with Crippen molar-refractivity contribution in [1.82, 2.24) is 0 Å². The van der Waals surface area contributed by atoms with Gasteiger partial charge in [-0.25, -0.2) is 0 Å². The van der Waals surface area contributed by atoms with Gasteiger partial charge in [0, 0.05) is 27.7 Å². The van der Waals surface area contributed by atoms with Gasteiger partial charge in [-0.2, -0.15) is 0 Å². The summed E-state index contributed by atoms with van der Waals surface area (Å²) in [5.74, 6) is 0. The molecule has 0 fully saturated rings. The quantitative estimate of drug-likeness (QED) is 0.154. The summed E-state index contributed by atoms with van der Waals surface area (Å²) in [6, 6.07) is 101. The third-order valence-corrected chi connectivity index (χ3v) is 16.5. The number of furan rings is 1. The molecule has 1 spiro atoms. The molecule has 0 atom stereocenters. The molecule has 0 saturated heterocycles. The molecule has 0 N–H and O–H groups in total. The van der Waals surface area contributed by atoms with Crippen LogP contribution in [0.1, 0.15) is 22.3 Å². The molecule has 16 rings (SSSR count). The lowest BCUT2D eigenvalue weighted by molar-refractivity contribution is 0.669. The van der Waals surface area contributed by atoms with Gasteiger partial charge < -0.3 is 9.32 Å². The first-order valence-corrected chi connectivity index (χ1v) is 26.0. The first kappa shape index (κ1) is 41.8. The summed E-state index contributed by atoms with van der Waals surface area (Å²) < 4.78 is 6.69. The average molecular weight is 952 g/mol. The number of anilines is 3. The van der Waals surface area contributed by atoms with Crippen LogP contribution in [0.15, 0.2) is 277 Å². The van der Waals surface area contributed by atoms with Crippen LogP contribution in [0.4, 0.5) is 17.1 Å². The van der Waals surface area contributed by atoms with Crippen molar-refractivity contribution in [3.05, 3.63) is 295 Å². The molecule has 1 aromatic heterocycles. The van der Waals surface area contributed by atoms with E-state index in [1.165, 1.54) is 93.5 Å². The fourth-order valence-electron chi connectivity index (χ4n) is 13.3. The molecule has 75 heavy (non-hydrogen) atoms. The van der Waals surface area contributed by atoms with Gasteiger partial charge in [-0.15, -0.1) is 0 Å². The molecule has 0 unspecified atom stereocenters. The van der Waals surface area contributed by atoms with Crippen LogP contribution < -0.4 is 4.90 Å². The van der Waals surface area contributed by atoms with Crippen LogP contribution in [-0.4, -0.2) is 0 Å². The van der Waals surface area contributed by atoms with Crippen LogP contribution in [0.25, 0.3) is 110 Å². The van der Waals surface area contributed by atoms with Gasteiger partial charge >= 0.3 is 0 Å². The SMILES string of the molecule is c1ccc(-c2cccc(-c3ccc(N(c4ccc5c6ccccc6c6ccccc6c5c4)c4cc5c(cc4-c4cccc6oc7ccccc7c46)-c4ccccc4C54c5ccccc5-c5ccccc54)cc3)c2)cc1. The lowest BCUT2D eigenvalue weighted by atomic mass is 9.70. The van der Waals surface area contributed by atoms with Crippen LogP contribution in [0.3, 0.4) is 0 Å². The van der Waals surface area contributed by atoms with Gasteiger partial charge in [-0.3, -0.25) is 0 Å². The van der Waals surface area contributed by atoms with E-state index in [9.17, 15) is 0 Å². The Kier molecular flexibility index (Phi) is 8.99. The van der Waals surface area contributed by atoms with Gasteiger partial charge in [-0.05, 0) is 159 Å². The molecule has 1 heterocycles. The number of fused-ring (bicyclic) bond motifs is 19. The molecule has 2 nitrogen and oxygen atoms in total. The molecule has 348 valence electrons. The number of hydrogen-bond acceptors (Lipinski definition) is 2. The van der Waals surface area contributed by atoms with Crippen LogP contribution in [0.2, 0.25) is 0 Å². The number of benzene rings is 13. The molecule has 13 aromatic carbocycles. The van der Waals surface area contributed by atoms with E-state index in [2.05, 4.69) is 278 Å². The lowest BCUT2D eigenvalue weighted by Crippen LogP contribution is -2.26. The van der Waals surface area contributed by atoms with Gasteiger partial charge in [0.2, 0.25) is 0 Å². The number of hydrogen-bond donors (Lipinski definition) is 0. The minimum atomic E-state index is -0.557. The minimum absolute atomic E-state index is 0.557. The van der Waals surface area contributed by atoms with E-state index in [1.807, 2.05) is 0 Å². The summed E-state index contributed by atoms with van der Waals surface area (Å²) in [6.45, 7) is 0. The number of para-hydroxylation sites is 1. The van der Waals surface area contributed by atoms with E-state index in [4.69, 9.17) is 4.42 Å². The molecule has 2 aliphatic rings. The Bertz CT molecular complexity index is 4580. The van der Waals surface area contributed by atoms with E-state index in [-0.39, 0.29) is 0 Å². The van der Waals surface area contributed by atoms with E-state index in [0.29, 0.717) is 0 Å². The maximum absolute atomic E-state index is 6.69. The molecule has 2 aliphatic carbocycles. The highest BCUT2D eigenvalue weighted by Gasteiger charge is 2.52. The van der Waals surface area contributed by atoms with E-state index >= 15 is 0 Å². The van der Waals surface area contributed by atoms with Crippen molar-refractivity contribution >= 4 is 71.3 Å². The van der Waals surface area contributed by atoms with Crippen LogP contribution in [-0.2, 0) is 5.41 Å². The Balaban J connectivity index is 1.02. The first-order chi connectivity index (χ1) is 37.2. The molecule has 2 heteroatoms. The maximum Gasteiger partial charge on any atom is 0.136 e. The predicted molar refractivity (Wildman–Crippen MR) is 314 cm³/mol. The second kappa shape index (κ2) is 16.1. The highest BCUT2D eigenvalue weighted by Crippen LogP contribution is 2.64. The smallest absolute Gasteiger partial charge is 0.136 e. The fourth-order valence-corrected chi connectivity index (χ4v) is 13.3. The first-order valence-electron chi connectivity index (χ1n) is 26.0. The van der Waals surface area contributed by atoms with Gasteiger partial charge in [0.25, 0.3) is 0 Å². The summed E-state index contributed by atoms with van der Waals surface area (Å²) in [7, 11) is 0. The summed E-state index contributed by atoms with van der Waals surface area (Å²) in [5, 5.41) is 9.66. The van der Waals surface area contributed by atoms with Crippen molar-refractivity contribution in [3.8, 4) is 55.6 Å². The van der Waals surface area contributed by atoms with E-state index in [0.717, 1.165) is 55.7 Å². The third-order valence-electron chi connectivity index (χ3n) is 16.5. The second-order valence-corrected chi connectivity index (χ2v) is 20.2. The Morgan fingerprint density at radius 3 is 1.37 bits per heavy atom. The topological polar surface area (TPSA) is 16.4 Å². The third kappa shape index (κ3) is 6.02.